The van der Waals surface area contributed by atoms with E-state index >= 15 is 0 Å². The number of hydrogen-bond acceptors (Lipinski definition) is 1. The Bertz CT molecular complexity index is 479. The van der Waals surface area contributed by atoms with Gasteiger partial charge in [0.2, 0.25) is 5.82 Å². The van der Waals surface area contributed by atoms with Crippen LogP contribution in [0.4, 0.5) is 8.78 Å². The van der Waals surface area contributed by atoms with E-state index in [2.05, 4.69) is 6.20 Å². The van der Waals surface area contributed by atoms with Crippen molar-refractivity contribution in [2.75, 3.05) is 0 Å². The zero-order valence-electron chi connectivity index (χ0n) is 8.00. The molecule has 1 radical (unpaired) electrons. The molecule has 1 aromatic heterocycles. The quantitative estimate of drug-likeness (QED) is 0.740. The van der Waals surface area contributed by atoms with Gasteiger partial charge in [-0.3, -0.25) is 0 Å². The molecule has 1 aromatic carbocycles. The lowest BCUT2D eigenvalue weighted by atomic mass is 10.3. The zero-order valence-corrected chi connectivity index (χ0v) is 8.00. The Morgan fingerprint density at radius 2 is 2.07 bits per heavy atom. The van der Waals surface area contributed by atoms with Crippen molar-refractivity contribution in [1.29, 1.82) is 0 Å². The summed E-state index contributed by atoms with van der Waals surface area (Å²) in [5, 5.41) is 0. The highest BCUT2D eigenvalue weighted by molar-refractivity contribution is 5.29. The van der Waals surface area contributed by atoms with E-state index in [-0.39, 0.29) is 5.75 Å². The van der Waals surface area contributed by atoms with Crippen LogP contribution in [-0.2, 0) is 7.05 Å². The molecule has 0 unspecified atom stereocenters. The van der Waals surface area contributed by atoms with Crippen molar-refractivity contribution in [3.05, 3.63) is 48.2 Å². The standard InChI is InChI=1S/C11H8F2NO/c1-14-7-3-6-10(14)15-9-5-2-4-8(12)11(9)13/h2-6H,1H3. The monoisotopic (exact) mass is 208 g/mol. The van der Waals surface area contributed by atoms with Crippen LogP contribution in [0.5, 0.6) is 11.6 Å². The van der Waals surface area contributed by atoms with Crippen LogP contribution in [0.25, 0.3) is 0 Å². The molecular weight excluding hydrogens is 200 g/mol. The first-order valence-corrected chi connectivity index (χ1v) is 4.34. The van der Waals surface area contributed by atoms with Crippen LogP contribution in [-0.4, -0.2) is 4.57 Å². The van der Waals surface area contributed by atoms with Gasteiger partial charge in [-0.15, -0.1) is 0 Å². The summed E-state index contributed by atoms with van der Waals surface area (Å²) in [7, 11) is 1.70. The van der Waals surface area contributed by atoms with Gasteiger partial charge in [0.05, 0.1) is 6.20 Å². The average molecular weight is 208 g/mol. The lowest BCUT2D eigenvalue weighted by Gasteiger charge is -2.07. The summed E-state index contributed by atoms with van der Waals surface area (Å²) in [6, 6.07) is 7.04. The smallest absolute Gasteiger partial charge is 0.201 e. The molecule has 4 heteroatoms. The molecule has 0 fully saturated rings. The first-order chi connectivity index (χ1) is 7.18. The number of benzene rings is 1. The Morgan fingerprint density at radius 3 is 2.73 bits per heavy atom. The summed E-state index contributed by atoms with van der Waals surface area (Å²) in [5.41, 5.74) is 0. The normalized spacial score (nSPS) is 10.3. The molecule has 0 spiro atoms. The Labute approximate surface area is 85.7 Å². The first kappa shape index (κ1) is 9.71. The molecule has 1 heterocycles. The molecule has 0 aliphatic heterocycles. The molecule has 15 heavy (non-hydrogen) atoms. The van der Waals surface area contributed by atoms with Crippen LogP contribution in [0.2, 0.25) is 0 Å². The van der Waals surface area contributed by atoms with Crippen molar-refractivity contribution in [2.45, 2.75) is 0 Å². The topological polar surface area (TPSA) is 14.2 Å². The van der Waals surface area contributed by atoms with Crippen molar-refractivity contribution in [3.63, 3.8) is 0 Å². The third-order valence-electron chi connectivity index (χ3n) is 1.96. The highest BCUT2D eigenvalue weighted by atomic mass is 19.2. The Morgan fingerprint density at radius 1 is 1.27 bits per heavy atom. The lowest BCUT2D eigenvalue weighted by Crippen LogP contribution is -1.95. The highest BCUT2D eigenvalue weighted by Gasteiger charge is 2.10. The molecule has 0 saturated heterocycles. The van der Waals surface area contributed by atoms with E-state index in [1.165, 1.54) is 12.1 Å². The second-order valence-electron chi connectivity index (χ2n) is 3.01. The molecule has 0 amide bonds. The molecule has 0 saturated carbocycles. The van der Waals surface area contributed by atoms with Crippen molar-refractivity contribution in [3.8, 4) is 11.6 Å². The minimum atomic E-state index is -0.987. The van der Waals surface area contributed by atoms with Gasteiger partial charge in [0.15, 0.2) is 17.4 Å². The van der Waals surface area contributed by atoms with Crippen LogP contribution >= 0.6 is 0 Å². The molecular formula is C11H8F2NO. The zero-order chi connectivity index (χ0) is 10.8. The van der Waals surface area contributed by atoms with Crippen LogP contribution in [0.15, 0.2) is 30.3 Å². The number of hydrogen-bond donors (Lipinski definition) is 0. The molecule has 2 aromatic rings. The fourth-order valence-electron chi connectivity index (χ4n) is 1.17. The highest BCUT2D eigenvalue weighted by Crippen LogP contribution is 2.25. The number of ether oxygens (including phenoxy) is 1. The Balaban J connectivity index is 2.33. The third kappa shape index (κ3) is 1.83. The van der Waals surface area contributed by atoms with E-state index in [0.717, 1.165) is 6.07 Å². The maximum Gasteiger partial charge on any atom is 0.201 e. The number of nitrogens with zero attached hydrogens (tertiary/aromatic N) is 1. The fourth-order valence-corrected chi connectivity index (χ4v) is 1.17. The van der Waals surface area contributed by atoms with Gasteiger partial charge in [0, 0.05) is 13.1 Å². The largest absolute Gasteiger partial charge is 0.438 e. The van der Waals surface area contributed by atoms with Crippen molar-refractivity contribution >= 4 is 0 Å². The van der Waals surface area contributed by atoms with E-state index in [1.807, 2.05) is 0 Å². The summed E-state index contributed by atoms with van der Waals surface area (Å²) in [6.45, 7) is 0. The molecule has 0 bridgehead atoms. The van der Waals surface area contributed by atoms with Crippen LogP contribution in [0.3, 0.4) is 0 Å². The van der Waals surface area contributed by atoms with Crippen LogP contribution in [0.1, 0.15) is 0 Å². The number of rotatable bonds is 2. The predicted molar refractivity (Wildman–Crippen MR) is 50.7 cm³/mol. The number of aromatic nitrogens is 1. The van der Waals surface area contributed by atoms with Crippen molar-refractivity contribution in [2.24, 2.45) is 7.05 Å². The SMILES string of the molecule is Cn1[c]ccc1Oc1cccc(F)c1F. The maximum atomic E-state index is 13.2. The molecule has 2 rings (SSSR count). The van der Waals surface area contributed by atoms with Gasteiger partial charge in [0.1, 0.15) is 0 Å². The van der Waals surface area contributed by atoms with Gasteiger partial charge >= 0.3 is 0 Å². The summed E-state index contributed by atoms with van der Waals surface area (Å²) < 4.78 is 32.8. The number of halogens is 2. The first-order valence-electron chi connectivity index (χ1n) is 4.34. The summed E-state index contributed by atoms with van der Waals surface area (Å²) in [4.78, 5) is 0. The Kier molecular flexibility index (Phi) is 2.41. The van der Waals surface area contributed by atoms with Gasteiger partial charge < -0.3 is 9.30 Å². The van der Waals surface area contributed by atoms with Crippen LogP contribution in [0, 0.1) is 17.8 Å². The lowest BCUT2D eigenvalue weighted by molar-refractivity contribution is 0.394. The summed E-state index contributed by atoms with van der Waals surface area (Å²) in [5.74, 6) is -1.64. The van der Waals surface area contributed by atoms with Crippen molar-refractivity contribution < 1.29 is 13.5 Å². The van der Waals surface area contributed by atoms with Gasteiger partial charge in [-0.1, -0.05) is 6.07 Å². The number of aryl methyl sites for hydroxylation is 1. The molecule has 0 aliphatic rings. The molecule has 77 valence electrons. The third-order valence-corrected chi connectivity index (χ3v) is 1.96. The van der Waals surface area contributed by atoms with Gasteiger partial charge in [-0.2, -0.15) is 4.39 Å². The van der Waals surface area contributed by atoms with Crippen LogP contribution < -0.4 is 4.74 Å². The van der Waals surface area contributed by atoms with E-state index < -0.39 is 11.6 Å². The summed E-state index contributed by atoms with van der Waals surface area (Å²) >= 11 is 0. The summed E-state index contributed by atoms with van der Waals surface area (Å²) in [6.07, 6.45) is 2.80. The second kappa shape index (κ2) is 3.73. The van der Waals surface area contributed by atoms with E-state index in [4.69, 9.17) is 4.74 Å². The fraction of sp³-hybridized carbons (Fsp3) is 0.0909. The molecule has 0 aliphatic carbocycles. The van der Waals surface area contributed by atoms with E-state index in [0.29, 0.717) is 5.88 Å². The van der Waals surface area contributed by atoms with E-state index in [9.17, 15) is 8.78 Å². The van der Waals surface area contributed by atoms with Gasteiger partial charge in [-0.25, -0.2) is 4.39 Å². The second-order valence-corrected chi connectivity index (χ2v) is 3.01. The Hall–Kier alpha value is -1.84. The molecule has 2 nitrogen and oxygen atoms in total. The van der Waals surface area contributed by atoms with Gasteiger partial charge in [0.25, 0.3) is 0 Å². The predicted octanol–water partition coefficient (Wildman–Crippen LogP) is 2.90. The minimum absolute atomic E-state index is 0.134. The minimum Gasteiger partial charge on any atom is -0.438 e. The maximum absolute atomic E-state index is 13.2. The molecule has 0 atom stereocenters. The molecule has 0 N–H and O–H groups in total. The van der Waals surface area contributed by atoms with Crippen molar-refractivity contribution in [1.82, 2.24) is 4.57 Å². The van der Waals surface area contributed by atoms with E-state index in [1.54, 1.807) is 23.7 Å². The van der Waals surface area contributed by atoms with Gasteiger partial charge in [-0.05, 0) is 18.2 Å². The average Bonchev–Trinajstić information content (AvgIpc) is 2.60.